The number of amides is 2. The molecule has 0 atom stereocenters. The second-order valence-electron chi connectivity index (χ2n) is 5.25. The first-order chi connectivity index (χ1) is 10.6. The maximum Gasteiger partial charge on any atom is 0.316 e. The largest absolute Gasteiger partial charge is 0.318 e. The number of carbonyl (C=O) groups is 2. The Morgan fingerprint density at radius 2 is 1.95 bits per heavy atom. The first kappa shape index (κ1) is 15.0. The summed E-state index contributed by atoms with van der Waals surface area (Å²) in [5.74, 6) is -1.11. The van der Waals surface area contributed by atoms with Gasteiger partial charge in [0.25, 0.3) is 0 Å². The standard InChI is InChI=1S/C17H15IN2O2/c1-11-10-13(18)6-7-14(11)19-16(21)17(22)20-9-8-12-4-2-3-5-15(12)20/h2-7,10H,8-9H2,1H3,(H,19,21). The van der Waals surface area contributed by atoms with Crippen molar-refractivity contribution in [2.45, 2.75) is 13.3 Å². The molecule has 1 aliphatic rings. The Morgan fingerprint density at radius 1 is 1.18 bits per heavy atom. The molecule has 4 nitrogen and oxygen atoms in total. The van der Waals surface area contributed by atoms with Gasteiger partial charge in [-0.3, -0.25) is 9.59 Å². The lowest BCUT2D eigenvalue weighted by Gasteiger charge is -2.17. The second kappa shape index (κ2) is 6.08. The van der Waals surface area contributed by atoms with Gasteiger partial charge in [-0.05, 0) is 71.3 Å². The number of nitrogens with one attached hydrogen (secondary N) is 1. The van der Waals surface area contributed by atoms with Crippen LogP contribution in [0.2, 0.25) is 0 Å². The molecule has 2 amide bonds. The van der Waals surface area contributed by atoms with Crippen LogP contribution in [0.5, 0.6) is 0 Å². The SMILES string of the molecule is Cc1cc(I)ccc1NC(=O)C(=O)N1CCc2ccccc21. The molecule has 0 fully saturated rings. The number of halogens is 1. The van der Waals surface area contributed by atoms with Gasteiger partial charge in [0.2, 0.25) is 0 Å². The summed E-state index contributed by atoms with van der Waals surface area (Å²) < 4.78 is 1.09. The van der Waals surface area contributed by atoms with Crippen molar-refractivity contribution in [2.24, 2.45) is 0 Å². The highest BCUT2D eigenvalue weighted by Crippen LogP contribution is 2.27. The molecule has 1 N–H and O–H groups in total. The quantitative estimate of drug-likeness (QED) is 0.585. The van der Waals surface area contributed by atoms with E-state index in [9.17, 15) is 9.59 Å². The zero-order chi connectivity index (χ0) is 15.7. The van der Waals surface area contributed by atoms with Crippen molar-refractivity contribution in [1.82, 2.24) is 0 Å². The maximum atomic E-state index is 12.4. The monoisotopic (exact) mass is 406 g/mol. The highest BCUT2D eigenvalue weighted by Gasteiger charge is 2.29. The van der Waals surface area contributed by atoms with Crippen LogP contribution in [-0.2, 0) is 16.0 Å². The zero-order valence-corrected chi connectivity index (χ0v) is 14.3. The molecule has 0 radical (unpaired) electrons. The number of carbonyl (C=O) groups excluding carboxylic acids is 2. The normalized spacial score (nSPS) is 12.9. The van der Waals surface area contributed by atoms with Crippen LogP contribution in [0.1, 0.15) is 11.1 Å². The first-order valence-corrected chi connectivity index (χ1v) is 8.11. The van der Waals surface area contributed by atoms with Crippen LogP contribution in [0.4, 0.5) is 11.4 Å². The van der Waals surface area contributed by atoms with Crippen molar-refractivity contribution in [2.75, 3.05) is 16.8 Å². The van der Waals surface area contributed by atoms with Crippen LogP contribution in [0.25, 0.3) is 0 Å². The summed E-state index contributed by atoms with van der Waals surface area (Å²) in [6.07, 6.45) is 0.789. The molecule has 112 valence electrons. The van der Waals surface area contributed by atoms with E-state index in [1.807, 2.05) is 49.4 Å². The number of hydrogen-bond donors (Lipinski definition) is 1. The molecule has 2 aromatic rings. The number of aryl methyl sites for hydroxylation is 1. The fraction of sp³-hybridized carbons (Fsp3) is 0.176. The van der Waals surface area contributed by atoms with Crippen LogP contribution >= 0.6 is 22.6 Å². The van der Waals surface area contributed by atoms with Gasteiger partial charge in [-0.15, -0.1) is 0 Å². The van der Waals surface area contributed by atoms with Crippen molar-refractivity contribution < 1.29 is 9.59 Å². The molecule has 0 saturated carbocycles. The Balaban J connectivity index is 1.77. The fourth-order valence-electron chi connectivity index (χ4n) is 2.61. The molecule has 0 unspecified atom stereocenters. The third-order valence-corrected chi connectivity index (χ3v) is 4.43. The number of hydrogen-bond acceptors (Lipinski definition) is 2. The second-order valence-corrected chi connectivity index (χ2v) is 6.49. The Kier molecular flexibility index (Phi) is 4.15. The molecule has 0 aliphatic carbocycles. The van der Waals surface area contributed by atoms with E-state index in [2.05, 4.69) is 27.9 Å². The number of anilines is 2. The van der Waals surface area contributed by atoms with Gasteiger partial charge in [0.1, 0.15) is 0 Å². The van der Waals surface area contributed by atoms with E-state index in [0.717, 1.165) is 26.8 Å². The Hall–Kier alpha value is -1.89. The molecule has 0 aromatic heterocycles. The van der Waals surface area contributed by atoms with Crippen molar-refractivity contribution in [1.29, 1.82) is 0 Å². The van der Waals surface area contributed by atoms with E-state index in [1.165, 1.54) is 0 Å². The summed E-state index contributed by atoms with van der Waals surface area (Å²) in [6, 6.07) is 13.4. The third kappa shape index (κ3) is 2.85. The number of rotatable bonds is 1. The average Bonchev–Trinajstić information content (AvgIpc) is 2.93. The zero-order valence-electron chi connectivity index (χ0n) is 12.1. The predicted molar refractivity (Wildman–Crippen MR) is 95.0 cm³/mol. The number of benzene rings is 2. The van der Waals surface area contributed by atoms with Gasteiger partial charge in [-0.2, -0.15) is 0 Å². The Labute approximate surface area is 142 Å². The highest BCUT2D eigenvalue weighted by atomic mass is 127. The molecule has 2 aromatic carbocycles. The Morgan fingerprint density at radius 3 is 2.73 bits per heavy atom. The summed E-state index contributed by atoms with van der Waals surface area (Å²) >= 11 is 2.21. The van der Waals surface area contributed by atoms with Crippen LogP contribution in [-0.4, -0.2) is 18.4 Å². The predicted octanol–water partition coefficient (Wildman–Crippen LogP) is 3.13. The molecule has 1 aliphatic heterocycles. The van der Waals surface area contributed by atoms with Crippen LogP contribution in [0.3, 0.4) is 0 Å². The minimum atomic E-state index is -0.596. The van der Waals surface area contributed by atoms with E-state index in [0.29, 0.717) is 12.2 Å². The molecular weight excluding hydrogens is 391 g/mol. The van der Waals surface area contributed by atoms with Gasteiger partial charge in [0.05, 0.1) is 0 Å². The molecule has 0 bridgehead atoms. The lowest BCUT2D eigenvalue weighted by Crippen LogP contribution is -2.38. The van der Waals surface area contributed by atoms with Crippen LogP contribution in [0, 0.1) is 10.5 Å². The fourth-order valence-corrected chi connectivity index (χ4v) is 3.26. The molecular formula is C17H15IN2O2. The van der Waals surface area contributed by atoms with E-state index < -0.39 is 11.8 Å². The van der Waals surface area contributed by atoms with Crippen molar-refractivity contribution >= 4 is 45.8 Å². The van der Waals surface area contributed by atoms with Gasteiger partial charge < -0.3 is 10.2 Å². The van der Waals surface area contributed by atoms with Gasteiger partial charge >= 0.3 is 11.8 Å². The number of fused-ring (bicyclic) bond motifs is 1. The van der Waals surface area contributed by atoms with E-state index in [1.54, 1.807) is 4.90 Å². The van der Waals surface area contributed by atoms with Crippen molar-refractivity contribution in [3.63, 3.8) is 0 Å². The number of nitrogens with zero attached hydrogens (tertiary/aromatic N) is 1. The smallest absolute Gasteiger partial charge is 0.316 e. The lowest BCUT2D eigenvalue weighted by atomic mass is 10.2. The highest BCUT2D eigenvalue weighted by molar-refractivity contribution is 14.1. The minimum Gasteiger partial charge on any atom is -0.318 e. The number of para-hydroxylation sites is 1. The van der Waals surface area contributed by atoms with E-state index in [-0.39, 0.29) is 0 Å². The summed E-state index contributed by atoms with van der Waals surface area (Å²) in [7, 11) is 0. The summed E-state index contributed by atoms with van der Waals surface area (Å²) in [5, 5.41) is 2.71. The van der Waals surface area contributed by atoms with Crippen molar-refractivity contribution in [3.05, 3.63) is 57.2 Å². The molecule has 5 heteroatoms. The summed E-state index contributed by atoms with van der Waals surface area (Å²) in [5.41, 5.74) is 3.55. The molecule has 22 heavy (non-hydrogen) atoms. The van der Waals surface area contributed by atoms with Crippen LogP contribution in [0.15, 0.2) is 42.5 Å². The first-order valence-electron chi connectivity index (χ1n) is 7.03. The lowest BCUT2D eigenvalue weighted by molar-refractivity contribution is -0.134. The topological polar surface area (TPSA) is 49.4 Å². The van der Waals surface area contributed by atoms with Gasteiger partial charge in [0, 0.05) is 21.5 Å². The van der Waals surface area contributed by atoms with Gasteiger partial charge in [-0.1, -0.05) is 18.2 Å². The van der Waals surface area contributed by atoms with Crippen LogP contribution < -0.4 is 10.2 Å². The summed E-state index contributed by atoms with van der Waals surface area (Å²) in [4.78, 5) is 26.2. The van der Waals surface area contributed by atoms with Gasteiger partial charge in [-0.25, -0.2) is 0 Å². The third-order valence-electron chi connectivity index (χ3n) is 3.76. The van der Waals surface area contributed by atoms with Gasteiger partial charge in [0.15, 0.2) is 0 Å². The van der Waals surface area contributed by atoms with E-state index in [4.69, 9.17) is 0 Å². The molecule has 3 rings (SSSR count). The molecule has 0 saturated heterocycles. The molecule has 0 spiro atoms. The van der Waals surface area contributed by atoms with E-state index >= 15 is 0 Å². The minimum absolute atomic E-state index is 0.511. The van der Waals surface area contributed by atoms with Crippen molar-refractivity contribution in [3.8, 4) is 0 Å². The molecule has 1 heterocycles. The maximum absolute atomic E-state index is 12.4. The average molecular weight is 406 g/mol. The summed E-state index contributed by atoms with van der Waals surface area (Å²) in [6.45, 7) is 2.46. The Bertz CT molecular complexity index is 758.